The number of nitrogen functional groups attached to an aromatic ring is 1. The second-order valence-corrected chi connectivity index (χ2v) is 7.59. The van der Waals surface area contributed by atoms with Gasteiger partial charge in [-0.2, -0.15) is 23.1 Å². The molecule has 1 aliphatic heterocycles. The van der Waals surface area contributed by atoms with Gasteiger partial charge in [0.25, 0.3) is 0 Å². The number of nitrogens with two attached hydrogens (primary N) is 1. The molecule has 0 bridgehead atoms. The molecule has 0 unspecified atom stereocenters. The number of aryl methyl sites for hydroxylation is 1. The first kappa shape index (κ1) is 25.3. The van der Waals surface area contributed by atoms with E-state index in [1.807, 2.05) is 0 Å². The van der Waals surface area contributed by atoms with E-state index in [-0.39, 0.29) is 29.5 Å². The van der Waals surface area contributed by atoms with Crippen molar-refractivity contribution in [1.29, 1.82) is 0 Å². The SMILES string of the molecule is CCCn1c(=O)n([C@@H]2O[C@H]([C@@H](OC(C)=O)C(F)(F)F)C[C@H]2OC(C)=O)c2nc(N)nc(OC)c21. The molecule has 34 heavy (non-hydrogen) atoms. The van der Waals surface area contributed by atoms with Crippen LogP contribution in [0.4, 0.5) is 19.1 Å². The largest absolute Gasteiger partial charge is 0.479 e. The van der Waals surface area contributed by atoms with Gasteiger partial charge in [0.05, 0.1) is 7.11 Å². The summed E-state index contributed by atoms with van der Waals surface area (Å²) in [5.41, 5.74) is 5.09. The van der Waals surface area contributed by atoms with Crippen molar-refractivity contribution < 1.29 is 41.7 Å². The zero-order chi connectivity index (χ0) is 25.4. The van der Waals surface area contributed by atoms with Crippen molar-refractivity contribution in [2.45, 2.75) is 70.9 Å². The number of carbonyl (C=O) groups is 2. The standard InChI is InChI=1S/C19H24F3N5O7/c1-5-6-26-12-14(24-17(23)25-15(12)31-4)27(18(26)30)16-11(32-8(2)28)7-10(34-16)13(19(20,21)22)33-9(3)29/h10-11,13,16H,5-7H2,1-4H3,(H2,23,24,25)/t10-,11+,13+,16+/m0/s1. The number of esters is 2. The number of ether oxygens (including phenoxy) is 4. The van der Waals surface area contributed by atoms with Crippen LogP contribution in [0.5, 0.6) is 5.88 Å². The van der Waals surface area contributed by atoms with E-state index in [0.717, 1.165) is 18.4 Å². The molecule has 0 amide bonds. The lowest BCUT2D eigenvalue weighted by Crippen LogP contribution is -2.43. The van der Waals surface area contributed by atoms with Crippen molar-refractivity contribution in [2.75, 3.05) is 12.8 Å². The number of imidazole rings is 1. The van der Waals surface area contributed by atoms with Crippen molar-refractivity contribution in [3.63, 3.8) is 0 Å². The first-order chi connectivity index (χ1) is 15.9. The molecule has 2 aromatic rings. The molecule has 1 aliphatic rings. The summed E-state index contributed by atoms with van der Waals surface area (Å²) < 4.78 is 63.6. The summed E-state index contributed by atoms with van der Waals surface area (Å²) in [5.74, 6) is -2.29. The molecule has 0 aliphatic carbocycles. The summed E-state index contributed by atoms with van der Waals surface area (Å²) in [7, 11) is 1.30. The molecule has 2 aromatic heterocycles. The van der Waals surface area contributed by atoms with Crippen LogP contribution < -0.4 is 16.2 Å². The van der Waals surface area contributed by atoms with Crippen LogP contribution in [0, 0.1) is 0 Å². The van der Waals surface area contributed by atoms with Crippen LogP contribution >= 0.6 is 0 Å². The number of hydrogen-bond acceptors (Lipinski definition) is 10. The van der Waals surface area contributed by atoms with Gasteiger partial charge in [0, 0.05) is 26.8 Å². The predicted molar refractivity (Wildman–Crippen MR) is 109 cm³/mol. The molecule has 15 heteroatoms. The van der Waals surface area contributed by atoms with Crippen LogP contribution in [0.15, 0.2) is 4.79 Å². The van der Waals surface area contributed by atoms with Crippen molar-refractivity contribution in [3.8, 4) is 5.88 Å². The van der Waals surface area contributed by atoms with Gasteiger partial charge >= 0.3 is 23.8 Å². The smallest absolute Gasteiger partial charge is 0.428 e. The highest BCUT2D eigenvalue weighted by Crippen LogP contribution is 2.39. The summed E-state index contributed by atoms with van der Waals surface area (Å²) >= 11 is 0. The maximum Gasteiger partial charge on any atom is 0.428 e. The highest BCUT2D eigenvalue weighted by Gasteiger charge is 2.54. The molecule has 0 aromatic carbocycles. The number of rotatable bonds is 7. The molecule has 0 radical (unpaired) electrons. The zero-order valence-corrected chi connectivity index (χ0v) is 18.8. The average Bonchev–Trinajstić information content (AvgIpc) is 3.22. The van der Waals surface area contributed by atoms with E-state index in [9.17, 15) is 27.6 Å². The minimum Gasteiger partial charge on any atom is -0.479 e. The lowest BCUT2D eigenvalue weighted by atomic mass is 10.1. The Balaban J connectivity index is 2.19. The van der Waals surface area contributed by atoms with E-state index in [1.165, 1.54) is 11.7 Å². The van der Waals surface area contributed by atoms with Crippen LogP contribution in [-0.4, -0.2) is 62.6 Å². The molecule has 4 atom stereocenters. The van der Waals surface area contributed by atoms with Gasteiger partial charge in [-0.05, 0) is 6.42 Å². The lowest BCUT2D eigenvalue weighted by molar-refractivity contribution is -0.248. The Kier molecular flexibility index (Phi) is 7.05. The molecule has 2 N–H and O–H groups in total. The Morgan fingerprint density at radius 2 is 1.94 bits per heavy atom. The lowest BCUT2D eigenvalue weighted by Gasteiger charge is -2.25. The number of carbonyl (C=O) groups excluding carboxylic acids is 2. The maximum atomic E-state index is 13.6. The number of methoxy groups -OCH3 is 1. The Morgan fingerprint density at radius 3 is 2.47 bits per heavy atom. The van der Waals surface area contributed by atoms with Crippen molar-refractivity contribution in [1.82, 2.24) is 19.1 Å². The van der Waals surface area contributed by atoms with E-state index in [2.05, 4.69) is 14.7 Å². The molecule has 3 rings (SSSR count). The third-order valence-corrected chi connectivity index (χ3v) is 5.05. The van der Waals surface area contributed by atoms with Gasteiger partial charge < -0.3 is 24.7 Å². The summed E-state index contributed by atoms with van der Waals surface area (Å²) in [5, 5.41) is 0. The molecule has 3 heterocycles. The third-order valence-electron chi connectivity index (χ3n) is 5.05. The molecular formula is C19H24F3N5O7. The van der Waals surface area contributed by atoms with Gasteiger partial charge in [0.1, 0.15) is 12.2 Å². The Morgan fingerprint density at radius 1 is 1.26 bits per heavy atom. The van der Waals surface area contributed by atoms with Crippen molar-refractivity contribution in [3.05, 3.63) is 10.5 Å². The first-order valence-electron chi connectivity index (χ1n) is 10.3. The van der Waals surface area contributed by atoms with E-state index in [4.69, 9.17) is 19.9 Å². The number of fused-ring (bicyclic) bond motifs is 1. The van der Waals surface area contributed by atoms with E-state index in [0.29, 0.717) is 6.42 Å². The fourth-order valence-electron chi connectivity index (χ4n) is 3.90. The van der Waals surface area contributed by atoms with Gasteiger partial charge in [-0.25, -0.2) is 9.36 Å². The van der Waals surface area contributed by atoms with E-state index in [1.54, 1.807) is 6.92 Å². The summed E-state index contributed by atoms with van der Waals surface area (Å²) in [6, 6.07) is 0. The monoisotopic (exact) mass is 491 g/mol. The van der Waals surface area contributed by atoms with Gasteiger partial charge in [-0.3, -0.25) is 14.2 Å². The van der Waals surface area contributed by atoms with Crippen LogP contribution in [-0.2, 0) is 30.3 Å². The number of aromatic nitrogens is 4. The fourth-order valence-corrected chi connectivity index (χ4v) is 3.90. The Labute approximate surface area is 190 Å². The van der Waals surface area contributed by atoms with Crippen LogP contribution in [0.25, 0.3) is 11.2 Å². The van der Waals surface area contributed by atoms with Gasteiger partial charge in [0.15, 0.2) is 17.4 Å². The molecular weight excluding hydrogens is 467 g/mol. The molecule has 12 nitrogen and oxygen atoms in total. The normalized spacial score (nSPS) is 21.4. The quantitative estimate of drug-likeness (QED) is 0.562. The summed E-state index contributed by atoms with van der Waals surface area (Å²) in [6.45, 7) is 3.88. The minimum atomic E-state index is -4.98. The van der Waals surface area contributed by atoms with Crippen LogP contribution in [0.1, 0.15) is 39.8 Å². The first-order valence-corrected chi connectivity index (χ1v) is 10.3. The van der Waals surface area contributed by atoms with Gasteiger partial charge in [-0.1, -0.05) is 6.92 Å². The number of nitrogens with zero attached hydrogens (tertiary/aromatic N) is 4. The van der Waals surface area contributed by atoms with Crippen LogP contribution in [0.2, 0.25) is 0 Å². The number of alkyl halides is 3. The van der Waals surface area contributed by atoms with Crippen LogP contribution in [0.3, 0.4) is 0 Å². The molecule has 0 saturated carbocycles. The van der Waals surface area contributed by atoms with Gasteiger partial charge in [-0.15, -0.1) is 0 Å². The Hall–Kier alpha value is -3.36. The van der Waals surface area contributed by atoms with Crippen molar-refractivity contribution >= 4 is 29.1 Å². The fraction of sp³-hybridized carbons (Fsp3) is 0.632. The van der Waals surface area contributed by atoms with E-state index < -0.39 is 54.8 Å². The highest BCUT2D eigenvalue weighted by atomic mass is 19.4. The van der Waals surface area contributed by atoms with Gasteiger partial charge in [0.2, 0.25) is 17.9 Å². The molecule has 188 valence electrons. The average molecular weight is 491 g/mol. The minimum absolute atomic E-state index is 0.0292. The highest BCUT2D eigenvalue weighted by molar-refractivity contribution is 5.78. The van der Waals surface area contributed by atoms with E-state index >= 15 is 0 Å². The Bertz CT molecular complexity index is 1150. The topological polar surface area (TPSA) is 150 Å². The molecule has 1 saturated heterocycles. The zero-order valence-electron chi connectivity index (χ0n) is 18.8. The number of anilines is 1. The second kappa shape index (κ2) is 9.48. The number of halogens is 3. The summed E-state index contributed by atoms with van der Waals surface area (Å²) in [6.07, 6.45) is -12.3. The molecule has 0 spiro atoms. The van der Waals surface area contributed by atoms with Crippen molar-refractivity contribution in [2.24, 2.45) is 0 Å². The molecule has 1 fully saturated rings. The second-order valence-electron chi connectivity index (χ2n) is 7.59. The summed E-state index contributed by atoms with van der Waals surface area (Å²) in [4.78, 5) is 44.4. The third kappa shape index (κ3) is 4.78. The number of hydrogen-bond donors (Lipinski definition) is 1. The maximum absolute atomic E-state index is 13.6. The predicted octanol–water partition coefficient (Wildman–Crippen LogP) is 1.31.